The fourth-order valence-corrected chi connectivity index (χ4v) is 6.56. The number of hydrogen-bond acceptors (Lipinski definition) is 5. The van der Waals surface area contributed by atoms with Gasteiger partial charge in [0, 0.05) is 17.2 Å². The van der Waals surface area contributed by atoms with E-state index >= 15 is 0 Å². The Morgan fingerprint density at radius 2 is 2.04 bits per heavy atom. The lowest BCUT2D eigenvalue weighted by Crippen LogP contribution is -2.52. The van der Waals surface area contributed by atoms with Gasteiger partial charge in [-0.1, -0.05) is 6.92 Å². The van der Waals surface area contributed by atoms with Gasteiger partial charge in [0.2, 0.25) is 0 Å². The number of aryl methyl sites for hydroxylation is 1. The maximum absolute atomic E-state index is 12.5. The molecule has 0 aromatic carbocycles. The number of hydrogen-bond donors (Lipinski definition) is 1. The van der Waals surface area contributed by atoms with Gasteiger partial charge in [0.1, 0.15) is 5.37 Å². The average molecular weight is 359 g/mol. The highest BCUT2D eigenvalue weighted by molar-refractivity contribution is 7.91. The van der Waals surface area contributed by atoms with E-state index in [9.17, 15) is 8.42 Å². The topological polar surface area (TPSA) is 49.4 Å². The van der Waals surface area contributed by atoms with Gasteiger partial charge < -0.3 is 5.32 Å². The Hall–Kier alpha value is -0.430. The second-order valence-electron chi connectivity index (χ2n) is 6.78. The van der Waals surface area contributed by atoms with E-state index in [0.29, 0.717) is 0 Å². The molecule has 2 unspecified atom stereocenters. The summed E-state index contributed by atoms with van der Waals surface area (Å²) in [5.74, 6) is 0.235. The maximum atomic E-state index is 12.5. The molecule has 23 heavy (non-hydrogen) atoms. The molecule has 1 N–H and O–H groups in total. The van der Waals surface area contributed by atoms with Gasteiger partial charge in [-0.2, -0.15) is 0 Å². The minimum absolute atomic E-state index is 0.229. The molecule has 0 radical (unpaired) electrons. The highest BCUT2D eigenvalue weighted by Gasteiger charge is 2.37. The average Bonchev–Trinajstić information content (AvgIpc) is 2.89. The molecule has 2 heterocycles. The molecule has 1 aromatic rings. The summed E-state index contributed by atoms with van der Waals surface area (Å²) in [6.07, 6.45) is 4.21. The molecule has 0 amide bonds. The van der Waals surface area contributed by atoms with Crippen molar-refractivity contribution in [1.29, 1.82) is 0 Å². The first-order valence-corrected chi connectivity index (χ1v) is 11.4. The van der Waals surface area contributed by atoms with Crippen molar-refractivity contribution in [3.8, 4) is 0 Å². The molecule has 4 nitrogen and oxygen atoms in total. The van der Waals surface area contributed by atoms with Crippen LogP contribution in [0.3, 0.4) is 0 Å². The van der Waals surface area contributed by atoms with Crippen molar-refractivity contribution in [2.45, 2.75) is 51.4 Å². The summed E-state index contributed by atoms with van der Waals surface area (Å²) in [5.41, 5.74) is 1.29. The van der Waals surface area contributed by atoms with E-state index in [2.05, 4.69) is 42.4 Å². The van der Waals surface area contributed by atoms with Gasteiger partial charge in [-0.3, -0.25) is 4.90 Å². The standard InChI is InChI=1S/C17H30N2O2S2/c1-5-19(14(3)11-16-10-13(2)12-22-16)17(23(4,20)21)15-6-8-18-9-7-15/h10,12,14-15,17-18H,5-9,11H2,1-4H3. The Kier molecular flexibility index (Phi) is 6.66. The molecule has 1 aliphatic heterocycles. The third-order valence-electron chi connectivity index (χ3n) is 4.77. The van der Waals surface area contributed by atoms with Crippen LogP contribution in [0.4, 0.5) is 0 Å². The van der Waals surface area contributed by atoms with Crippen molar-refractivity contribution in [2.24, 2.45) is 5.92 Å². The Morgan fingerprint density at radius 3 is 2.52 bits per heavy atom. The summed E-state index contributed by atoms with van der Waals surface area (Å²) in [5, 5.41) is 5.15. The van der Waals surface area contributed by atoms with Crippen molar-refractivity contribution >= 4 is 21.2 Å². The van der Waals surface area contributed by atoms with Crippen LogP contribution in [0.5, 0.6) is 0 Å². The highest BCUT2D eigenvalue weighted by Crippen LogP contribution is 2.28. The SMILES string of the molecule is CCN(C(C)Cc1cc(C)cs1)C(C1CCNCC1)S(C)(=O)=O. The van der Waals surface area contributed by atoms with Gasteiger partial charge in [0.15, 0.2) is 9.84 Å². The molecule has 6 heteroatoms. The van der Waals surface area contributed by atoms with Crippen molar-refractivity contribution in [1.82, 2.24) is 10.2 Å². The lowest BCUT2D eigenvalue weighted by Gasteiger charge is -2.40. The van der Waals surface area contributed by atoms with E-state index in [-0.39, 0.29) is 17.3 Å². The van der Waals surface area contributed by atoms with E-state index in [1.165, 1.54) is 16.7 Å². The van der Waals surface area contributed by atoms with Crippen molar-refractivity contribution in [3.05, 3.63) is 21.9 Å². The molecular weight excluding hydrogens is 328 g/mol. The Balaban J connectivity index is 2.18. The highest BCUT2D eigenvalue weighted by atomic mass is 32.2. The van der Waals surface area contributed by atoms with Gasteiger partial charge >= 0.3 is 0 Å². The fourth-order valence-electron chi connectivity index (χ4n) is 3.74. The van der Waals surface area contributed by atoms with Crippen LogP contribution in [0.1, 0.15) is 37.1 Å². The molecular formula is C17H30N2O2S2. The molecule has 0 spiro atoms. The van der Waals surface area contributed by atoms with Gasteiger partial charge in [0.25, 0.3) is 0 Å². The summed E-state index contributed by atoms with van der Waals surface area (Å²) in [6, 6.07) is 2.45. The zero-order valence-electron chi connectivity index (χ0n) is 14.7. The fraction of sp³-hybridized carbons (Fsp3) is 0.765. The second-order valence-corrected chi connectivity index (χ2v) is 9.92. The molecule has 2 rings (SSSR count). The Labute approximate surface area is 145 Å². The lowest BCUT2D eigenvalue weighted by atomic mass is 9.96. The summed E-state index contributed by atoms with van der Waals surface area (Å²) < 4.78 is 25.1. The predicted octanol–water partition coefficient (Wildman–Crippen LogP) is 2.68. The molecule has 0 aliphatic carbocycles. The van der Waals surface area contributed by atoms with Crippen LogP contribution >= 0.6 is 11.3 Å². The quantitative estimate of drug-likeness (QED) is 0.814. The van der Waals surface area contributed by atoms with E-state index in [4.69, 9.17) is 0 Å². The van der Waals surface area contributed by atoms with Crippen molar-refractivity contribution in [2.75, 3.05) is 25.9 Å². The maximum Gasteiger partial charge on any atom is 0.163 e. The third kappa shape index (κ3) is 5.02. The second kappa shape index (κ2) is 8.10. The molecule has 132 valence electrons. The summed E-state index contributed by atoms with van der Waals surface area (Å²) in [7, 11) is -3.11. The molecule has 2 atom stereocenters. The van der Waals surface area contributed by atoms with Crippen LogP contribution in [-0.4, -0.2) is 50.6 Å². The van der Waals surface area contributed by atoms with E-state index in [0.717, 1.165) is 38.9 Å². The van der Waals surface area contributed by atoms with Gasteiger partial charge in [0.05, 0.1) is 0 Å². The zero-order valence-corrected chi connectivity index (χ0v) is 16.3. The number of piperidine rings is 1. The minimum atomic E-state index is -3.11. The number of nitrogens with one attached hydrogen (secondary N) is 1. The smallest absolute Gasteiger partial charge is 0.163 e. The first-order chi connectivity index (χ1) is 10.8. The largest absolute Gasteiger partial charge is 0.317 e. The normalized spacial score (nSPS) is 19.9. The number of likely N-dealkylation sites (N-methyl/N-ethyl adjacent to an activating group) is 1. The minimum Gasteiger partial charge on any atom is -0.317 e. The Bertz CT molecular complexity index is 591. The first-order valence-electron chi connectivity index (χ1n) is 8.52. The summed E-state index contributed by atoms with van der Waals surface area (Å²) in [4.78, 5) is 3.55. The first kappa shape index (κ1) is 18.9. The van der Waals surface area contributed by atoms with Crippen LogP contribution in [0.25, 0.3) is 0 Å². The number of sulfone groups is 1. The summed E-state index contributed by atoms with van der Waals surface area (Å²) >= 11 is 1.77. The third-order valence-corrected chi connectivity index (χ3v) is 7.38. The van der Waals surface area contributed by atoms with E-state index in [1.807, 2.05) is 0 Å². The van der Waals surface area contributed by atoms with Crippen LogP contribution in [0, 0.1) is 12.8 Å². The molecule has 1 aromatic heterocycles. The lowest BCUT2D eigenvalue weighted by molar-refractivity contribution is 0.138. The van der Waals surface area contributed by atoms with Crippen LogP contribution in [0.2, 0.25) is 0 Å². The molecule has 1 saturated heterocycles. The Morgan fingerprint density at radius 1 is 1.39 bits per heavy atom. The van der Waals surface area contributed by atoms with Crippen LogP contribution < -0.4 is 5.32 Å². The molecule has 0 saturated carbocycles. The van der Waals surface area contributed by atoms with Crippen molar-refractivity contribution < 1.29 is 8.42 Å². The van der Waals surface area contributed by atoms with Crippen LogP contribution in [0.15, 0.2) is 11.4 Å². The van der Waals surface area contributed by atoms with E-state index < -0.39 is 9.84 Å². The number of rotatable bonds is 7. The zero-order chi connectivity index (χ0) is 17.0. The van der Waals surface area contributed by atoms with Crippen LogP contribution in [-0.2, 0) is 16.3 Å². The van der Waals surface area contributed by atoms with E-state index in [1.54, 1.807) is 11.3 Å². The van der Waals surface area contributed by atoms with Gasteiger partial charge in [-0.05, 0) is 75.7 Å². The monoisotopic (exact) mass is 358 g/mol. The van der Waals surface area contributed by atoms with Gasteiger partial charge in [-0.25, -0.2) is 8.42 Å². The molecule has 1 aliphatic rings. The number of thiophene rings is 1. The molecule has 1 fully saturated rings. The molecule has 0 bridgehead atoms. The predicted molar refractivity (Wildman–Crippen MR) is 98.8 cm³/mol. The number of nitrogens with zero attached hydrogens (tertiary/aromatic N) is 1. The summed E-state index contributed by atoms with van der Waals surface area (Å²) in [6.45, 7) is 8.97. The van der Waals surface area contributed by atoms with Gasteiger partial charge in [-0.15, -0.1) is 11.3 Å². The van der Waals surface area contributed by atoms with Crippen molar-refractivity contribution in [3.63, 3.8) is 0 Å².